The number of para-hydroxylation sites is 2. The standard InChI is InChI=1S/C20H23N3O3/c1-13-10-14(2)12-15(11-13)23-9-8-17(19(23)24)22-20(25)21-16-6-4-5-7-18(16)26-3/h4-7,10-12,17H,8-9H2,1-3H3,(H2,21,22,25)/t17-/m0/s1. The Hall–Kier alpha value is -3.02. The molecule has 1 fully saturated rings. The molecule has 2 N–H and O–H groups in total. The monoisotopic (exact) mass is 353 g/mol. The number of ether oxygens (including phenoxy) is 1. The summed E-state index contributed by atoms with van der Waals surface area (Å²) in [6.07, 6.45) is 0.575. The first-order valence-corrected chi connectivity index (χ1v) is 8.58. The summed E-state index contributed by atoms with van der Waals surface area (Å²) in [6, 6.07) is 12.2. The first kappa shape index (κ1) is 17.8. The maximum Gasteiger partial charge on any atom is 0.319 e. The first-order valence-electron chi connectivity index (χ1n) is 8.58. The average molecular weight is 353 g/mol. The number of carbonyl (C=O) groups is 2. The van der Waals surface area contributed by atoms with Gasteiger partial charge in [-0.15, -0.1) is 0 Å². The van der Waals surface area contributed by atoms with Gasteiger partial charge in [0.15, 0.2) is 0 Å². The van der Waals surface area contributed by atoms with Crippen molar-refractivity contribution in [3.05, 3.63) is 53.6 Å². The minimum Gasteiger partial charge on any atom is -0.495 e. The Labute approximate surface area is 153 Å². The van der Waals surface area contributed by atoms with E-state index in [0.29, 0.717) is 24.4 Å². The second kappa shape index (κ2) is 7.47. The predicted octanol–water partition coefficient (Wildman–Crippen LogP) is 3.24. The third kappa shape index (κ3) is 3.79. The molecule has 0 bridgehead atoms. The first-order chi connectivity index (χ1) is 12.5. The van der Waals surface area contributed by atoms with E-state index < -0.39 is 12.1 Å². The summed E-state index contributed by atoms with van der Waals surface area (Å²) in [6.45, 7) is 4.60. The van der Waals surface area contributed by atoms with E-state index in [2.05, 4.69) is 16.7 Å². The van der Waals surface area contributed by atoms with Crippen LogP contribution in [0.1, 0.15) is 17.5 Å². The van der Waals surface area contributed by atoms with Crippen LogP contribution in [0, 0.1) is 13.8 Å². The molecule has 1 atom stereocenters. The topological polar surface area (TPSA) is 70.7 Å². The SMILES string of the molecule is COc1ccccc1NC(=O)N[C@H]1CCN(c2cc(C)cc(C)c2)C1=O. The lowest BCUT2D eigenvalue weighted by atomic mass is 10.1. The van der Waals surface area contributed by atoms with Crippen molar-refractivity contribution in [3.8, 4) is 5.75 Å². The molecule has 3 rings (SSSR count). The molecule has 0 aliphatic carbocycles. The molecule has 0 radical (unpaired) electrons. The normalized spacial score (nSPS) is 16.5. The molecule has 0 saturated carbocycles. The number of amides is 3. The Bertz CT molecular complexity index is 815. The Kier molecular flexibility index (Phi) is 5.11. The number of hydrogen-bond acceptors (Lipinski definition) is 3. The molecular formula is C20H23N3O3. The fourth-order valence-corrected chi connectivity index (χ4v) is 3.24. The molecule has 3 amide bonds. The summed E-state index contributed by atoms with van der Waals surface area (Å²) < 4.78 is 5.22. The van der Waals surface area contributed by atoms with Crippen molar-refractivity contribution in [1.29, 1.82) is 0 Å². The fourth-order valence-electron chi connectivity index (χ4n) is 3.24. The molecule has 1 aliphatic rings. The highest BCUT2D eigenvalue weighted by Crippen LogP contribution is 2.25. The highest BCUT2D eigenvalue weighted by atomic mass is 16.5. The molecule has 1 saturated heterocycles. The van der Waals surface area contributed by atoms with Crippen molar-refractivity contribution >= 4 is 23.3 Å². The van der Waals surface area contributed by atoms with Crippen LogP contribution in [0.3, 0.4) is 0 Å². The smallest absolute Gasteiger partial charge is 0.319 e. The van der Waals surface area contributed by atoms with Gasteiger partial charge >= 0.3 is 6.03 Å². The van der Waals surface area contributed by atoms with Gasteiger partial charge in [0.25, 0.3) is 0 Å². The third-order valence-electron chi connectivity index (χ3n) is 4.38. The Morgan fingerprint density at radius 2 is 1.85 bits per heavy atom. The van der Waals surface area contributed by atoms with Crippen LogP contribution in [0.4, 0.5) is 16.2 Å². The van der Waals surface area contributed by atoms with Crippen molar-refractivity contribution in [1.82, 2.24) is 5.32 Å². The molecule has 136 valence electrons. The zero-order valence-corrected chi connectivity index (χ0v) is 15.2. The van der Waals surface area contributed by atoms with E-state index in [-0.39, 0.29) is 5.91 Å². The second-order valence-electron chi connectivity index (χ2n) is 6.48. The van der Waals surface area contributed by atoms with Crippen LogP contribution in [0.5, 0.6) is 5.75 Å². The number of anilines is 2. The maximum absolute atomic E-state index is 12.7. The van der Waals surface area contributed by atoms with E-state index in [0.717, 1.165) is 16.8 Å². The van der Waals surface area contributed by atoms with Crippen LogP contribution in [-0.4, -0.2) is 31.6 Å². The van der Waals surface area contributed by atoms with Gasteiger partial charge in [-0.25, -0.2) is 4.79 Å². The number of nitrogens with one attached hydrogen (secondary N) is 2. The minimum absolute atomic E-state index is 0.0924. The lowest BCUT2D eigenvalue weighted by Crippen LogP contribution is -2.43. The van der Waals surface area contributed by atoms with Crippen molar-refractivity contribution in [2.45, 2.75) is 26.3 Å². The highest BCUT2D eigenvalue weighted by molar-refractivity contribution is 6.02. The predicted molar refractivity (Wildman–Crippen MR) is 102 cm³/mol. The third-order valence-corrected chi connectivity index (χ3v) is 4.38. The second-order valence-corrected chi connectivity index (χ2v) is 6.48. The summed E-state index contributed by atoms with van der Waals surface area (Å²) >= 11 is 0. The van der Waals surface area contributed by atoms with Crippen LogP contribution in [0.25, 0.3) is 0 Å². The molecule has 0 unspecified atom stereocenters. The van der Waals surface area contributed by atoms with Crippen LogP contribution in [0.15, 0.2) is 42.5 Å². The van der Waals surface area contributed by atoms with Gasteiger partial charge in [-0.2, -0.15) is 0 Å². The van der Waals surface area contributed by atoms with Gasteiger partial charge in [-0.3, -0.25) is 4.79 Å². The zero-order valence-electron chi connectivity index (χ0n) is 15.2. The number of urea groups is 1. The Balaban J connectivity index is 1.66. The fraction of sp³-hybridized carbons (Fsp3) is 0.300. The maximum atomic E-state index is 12.7. The molecule has 6 nitrogen and oxygen atoms in total. The summed E-state index contributed by atoms with van der Waals surface area (Å²) in [5.41, 5.74) is 3.65. The van der Waals surface area contributed by atoms with Gasteiger partial charge in [0, 0.05) is 12.2 Å². The average Bonchev–Trinajstić information content (AvgIpc) is 2.95. The molecule has 6 heteroatoms. The number of hydrogen-bond donors (Lipinski definition) is 2. The van der Waals surface area contributed by atoms with E-state index in [1.807, 2.05) is 32.0 Å². The van der Waals surface area contributed by atoms with E-state index in [4.69, 9.17) is 4.74 Å². The molecule has 2 aromatic carbocycles. The van der Waals surface area contributed by atoms with Crippen molar-refractivity contribution < 1.29 is 14.3 Å². The Morgan fingerprint density at radius 3 is 2.54 bits per heavy atom. The van der Waals surface area contributed by atoms with Crippen LogP contribution in [-0.2, 0) is 4.79 Å². The molecular weight excluding hydrogens is 330 g/mol. The van der Waals surface area contributed by atoms with Crippen molar-refractivity contribution in [3.63, 3.8) is 0 Å². The molecule has 2 aromatic rings. The van der Waals surface area contributed by atoms with Crippen molar-refractivity contribution in [2.24, 2.45) is 0 Å². The van der Waals surface area contributed by atoms with Gasteiger partial charge in [0.2, 0.25) is 5.91 Å². The number of methoxy groups -OCH3 is 1. The number of rotatable bonds is 4. The quantitative estimate of drug-likeness (QED) is 0.886. The minimum atomic E-state index is -0.537. The number of nitrogens with zero attached hydrogens (tertiary/aromatic N) is 1. The van der Waals surface area contributed by atoms with Gasteiger partial charge in [-0.1, -0.05) is 18.2 Å². The summed E-state index contributed by atoms with van der Waals surface area (Å²) in [5, 5.41) is 5.50. The number of carbonyl (C=O) groups excluding carboxylic acids is 2. The molecule has 1 aliphatic heterocycles. The lowest BCUT2D eigenvalue weighted by molar-refractivity contribution is -0.118. The van der Waals surface area contributed by atoms with Crippen LogP contribution >= 0.6 is 0 Å². The van der Waals surface area contributed by atoms with E-state index in [1.54, 1.807) is 30.2 Å². The van der Waals surface area contributed by atoms with Gasteiger partial charge in [-0.05, 0) is 55.7 Å². The van der Waals surface area contributed by atoms with Crippen LogP contribution in [0.2, 0.25) is 0 Å². The molecule has 0 aromatic heterocycles. The lowest BCUT2D eigenvalue weighted by Gasteiger charge is -2.19. The van der Waals surface area contributed by atoms with Gasteiger partial charge in [0.05, 0.1) is 12.8 Å². The van der Waals surface area contributed by atoms with Gasteiger partial charge < -0.3 is 20.3 Å². The van der Waals surface area contributed by atoms with E-state index in [9.17, 15) is 9.59 Å². The molecule has 26 heavy (non-hydrogen) atoms. The molecule has 0 spiro atoms. The summed E-state index contributed by atoms with van der Waals surface area (Å²) in [4.78, 5) is 26.7. The summed E-state index contributed by atoms with van der Waals surface area (Å²) in [5.74, 6) is 0.474. The van der Waals surface area contributed by atoms with Gasteiger partial charge in [0.1, 0.15) is 11.8 Å². The molecule has 1 heterocycles. The van der Waals surface area contributed by atoms with E-state index >= 15 is 0 Å². The summed E-state index contributed by atoms with van der Waals surface area (Å²) in [7, 11) is 1.54. The highest BCUT2D eigenvalue weighted by Gasteiger charge is 2.33. The number of benzene rings is 2. The zero-order chi connectivity index (χ0) is 18.7. The van der Waals surface area contributed by atoms with Crippen molar-refractivity contribution in [2.75, 3.05) is 23.9 Å². The Morgan fingerprint density at radius 1 is 1.15 bits per heavy atom. The van der Waals surface area contributed by atoms with E-state index in [1.165, 1.54) is 0 Å². The largest absolute Gasteiger partial charge is 0.495 e. The van der Waals surface area contributed by atoms with Crippen LogP contribution < -0.4 is 20.3 Å². The number of aryl methyl sites for hydroxylation is 2.